The number of rotatable bonds is 7. The van der Waals surface area contributed by atoms with Crippen molar-refractivity contribution < 1.29 is 19.1 Å². The Hall–Kier alpha value is -2.90. The summed E-state index contributed by atoms with van der Waals surface area (Å²) in [5.74, 6) is 0.978. The molecule has 3 rings (SSSR count). The number of nitrogens with zero attached hydrogens (tertiary/aromatic N) is 1. The van der Waals surface area contributed by atoms with Gasteiger partial charge in [-0.3, -0.25) is 9.69 Å². The number of methoxy groups -OCH3 is 1. The van der Waals surface area contributed by atoms with E-state index in [1.54, 1.807) is 48.4 Å². The molecule has 1 saturated heterocycles. The maximum Gasteiger partial charge on any atom is 0.336 e. The van der Waals surface area contributed by atoms with Crippen molar-refractivity contribution in [1.29, 1.82) is 0 Å². The van der Waals surface area contributed by atoms with E-state index in [2.05, 4.69) is 13.8 Å². The number of carbonyl (C=O) groups excluding carboxylic acids is 2. The third-order valence-corrected chi connectivity index (χ3v) is 5.72. The van der Waals surface area contributed by atoms with Gasteiger partial charge in [-0.05, 0) is 53.5 Å². The second kappa shape index (κ2) is 10.4. The van der Waals surface area contributed by atoms with Gasteiger partial charge in [0.05, 0.1) is 12.0 Å². The van der Waals surface area contributed by atoms with Gasteiger partial charge in [0.2, 0.25) is 0 Å². The van der Waals surface area contributed by atoms with E-state index >= 15 is 0 Å². The Bertz CT molecular complexity index is 1020. The van der Waals surface area contributed by atoms with Crippen molar-refractivity contribution >= 4 is 52.3 Å². The van der Waals surface area contributed by atoms with Gasteiger partial charge in [0.15, 0.2) is 0 Å². The minimum Gasteiger partial charge on any atom is -0.497 e. The second-order valence-corrected chi connectivity index (χ2v) is 8.96. The summed E-state index contributed by atoms with van der Waals surface area (Å²) in [4.78, 5) is 26.9. The van der Waals surface area contributed by atoms with E-state index in [0.717, 1.165) is 16.9 Å². The third-order valence-electron chi connectivity index (χ3n) is 4.35. The molecule has 160 valence electrons. The first-order valence-electron chi connectivity index (χ1n) is 9.75. The molecule has 1 aliphatic heterocycles. The predicted octanol–water partition coefficient (Wildman–Crippen LogP) is 5.17. The summed E-state index contributed by atoms with van der Waals surface area (Å²) in [6.45, 7) is 4.71. The van der Waals surface area contributed by atoms with Gasteiger partial charge in [0, 0.05) is 12.6 Å². The van der Waals surface area contributed by atoms with Gasteiger partial charge in [-0.1, -0.05) is 62.1 Å². The Morgan fingerprint density at radius 1 is 1.06 bits per heavy atom. The van der Waals surface area contributed by atoms with Crippen LogP contribution < -0.4 is 9.47 Å². The number of hydrogen-bond acceptors (Lipinski definition) is 6. The Balaban J connectivity index is 1.60. The van der Waals surface area contributed by atoms with Gasteiger partial charge >= 0.3 is 5.97 Å². The van der Waals surface area contributed by atoms with E-state index < -0.39 is 5.97 Å². The Kier molecular flexibility index (Phi) is 7.65. The molecule has 0 unspecified atom stereocenters. The van der Waals surface area contributed by atoms with Gasteiger partial charge in [0.25, 0.3) is 5.91 Å². The van der Waals surface area contributed by atoms with Crippen LogP contribution in [0.3, 0.4) is 0 Å². The van der Waals surface area contributed by atoms with Crippen LogP contribution in [0.25, 0.3) is 12.2 Å². The summed E-state index contributed by atoms with van der Waals surface area (Å²) >= 11 is 6.63. The predicted molar refractivity (Wildman–Crippen MR) is 129 cm³/mol. The summed E-state index contributed by atoms with van der Waals surface area (Å²) in [7, 11) is 1.60. The fraction of sp³-hybridized carbons (Fsp3) is 0.208. The standard InChI is InChI=1S/C24H23NO4S2/c1-16(2)15-25-23(27)21(31-24(25)30)14-18-6-11-20(12-7-18)29-22(26)13-8-17-4-9-19(28-3)10-5-17/h4-14,16H,15H2,1-3H3/b13-8+,21-14-. The highest BCUT2D eigenvalue weighted by Gasteiger charge is 2.32. The summed E-state index contributed by atoms with van der Waals surface area (Å²) < 4.78 is 11.0. The zero-order chi connectivity index (χ0) is 22.4. The van der Waals surface area contributed by atoms with Gasteiger partial charge in [0.1, 0.15) is 15.8 Å². The SMILES string of the molecule is COc1ccc(/C=C/C(=O)Oc2ccc(/C=C3\SC(=S)N(CC(C)C)C3=O)cc2)cc1. The molecule has 0 bridgehead atoms. The molecule has 1 fully saturated rings. The van der Waals surface area contributed by atoms with E-state index in [-0.39, 0.29) is 5.91 Å². The monoisotopic (exact) mass is 453 g/mol. The molecular formula is C24H23NO4S2. The number of esters is 1. The number of thiocarbonyl (C=S) groups is 1. The van der Waals surface area contributed by atoms with E-state index in [1.807, 2.05) is 24.3 Å². The van der Waals surface area contributed by atoms with Crippen molar-refractivity contribution in [2.45, 2.75) is 13.8 Å². The number of benzene rings is 2. The van der Waals surface area contributed by atoms with E-state index in [0.29, 0.717) is 27.4 Å². The molecular weight excluding hydrogens is 430 g/mol. The Labute approximate surface area is 191 Å². The van der Waals surface area contributed by atoms with Crippen LogP contribution in [0.15, 0.2) is 59.5 Å². The average Bonchev–Trinajstić information content (AvgIpc) is 3.01. The molecule has 0 atom stereocenters. The summed E-state index contributed by atoms with van der Waals surface area (Å²) in [5, 5.41) is 0. The molecule has 31 heavy (non-hydrogen) atoms. The fourth-order valence-corrected chi connectivity index (χ4v) is 4.11. The molecule has 1 amide bonds. The summed E-state index contributed by atoms with van der Waals surface area (Å²) in [6, 6.07) is 14.3. The molecule has 7 heteroatoms. The fourth-order valence-electron chi connectivity index (χ4n) is 2.84. The molecule has 0 radical (unpaired) electrons. The van der Waals surface area contributed by atoms with E-state index in [9.17, 15) is 9.59 Å². The lowest BCUT2D eigenvalue weighted by Gasteiger charge is -2.16. The van der Waals surface area contributed by atoms with E-state index in [1.165, 1.54) is 17.8 Å². The normalized spacial score (nSPS) is 15.4. The molecule has 1 aliphatic rings. The smallest absolute Gasteiger partial charge is 0.336 e. The number of thioether (sulfide) groups is 1. The summed E-state index contributed by atoms with van der Waals surface area (Å²) in [6.07, 6.45) is 4.85. The maximum absolute atomic E-state index is 12.6. The molecule has 2 aromatic rings. The van der Waals surface area contributed by atoms with Crippen molar-refractivity contribution in [2.24, 2.45) is 5.92 Å². The lowest BCUT2D eigenvalue weighted by molar-refractivity contribution is -0.129. The molecule has 1 heterocycles. The molecule has 0 spiro atoms. The van der Waals surface area contributed by atoms with Crippen molar-refractivity contribution in [2.75, 3.05) is 13.7 Å². The molecule has 0 saturated carbocycles. The van der Waals surface area contributed by atoms with Crippen LogP contribution in [0.4, 0.5) is 0 Å². The zero-order valence-corrected chi connectivity index (χ0v) is 19.2. The van der Waals surface area contributed by atoms with Crippen molar-refractivity contribution in [3.8, 4) is 11.5 Å². The first-order valence-corrected chi connectivity index (χ1v) is 11.0. The van der Waals surface area contributed by atoms with Crippen LogP contribution in [0.1, 0.15) is 25.0 Å². The van der Waals surface area contributed by atoms with Gasteiger partial charge in [-0.15, -0.1) is 0 Å². The second-order valence-electron chi connectivity index (χ2n) is 7.28. The lowest BCUT2D eigenvalue weighted by atomic mass is 10.2. The quantitative estimate of drug-likeness (QED) is 0.249. The number of hydrogen-bond donors (Lipinski definition) is 0. The average molecular weight is 454 g/mol. The Morgan fingerprint density at radius 3 is 2.29 bits per heavy atom. The molecule has 0 aliphatic carbocycles. The highest BCUT2D eigenvalue weighted by Crippen LogP contribution is 2.33. The largest absolute Gasteiger partial charge is 0.497 e. The van der Waals surface area contributed by atoms with E-state index in [4.69, 9.17) is 21.7 Å². The number of ether oxygens (including phenoxy) is 2. The highest BCUT2D eigenvalue weighted by atomic mass is 32.2. The number of amides is 1. The Morgan fingerprint density at radius 2 is 1.68 bits per heavy atom. The van der Waals surface area contributed by atoms with Gasteiger partial charge < -0.3 is 9.47 Å². The van der Waals surface area contributed by atoms with Crippen LogP contribution in [0.2, 0.25) is 0 Å². The van der Waals surface area contributed by atoms with Crippen LogP contribution in [-0.4, -0.2) is 34.8 Å². The van der Waals surface area contributed by atoms with Crippen molar-refractivity contribution in [3.63, 3.8) is 0 Å². The first-order chi connectivity index (χ1) is 14.9. The molecule has 5 nitrogen and oxygen atoms in total. The minimum atomic E-state index is -0.474. The maximum atomic E-state index is 12.6. The third kappa shape index (κ3) is 6.29. The zero-order valence-electron chi connectivity index (χ0n) is 17.5. The summed E-state index contributed by atoms with van der Waals surface area (Å²) in [5.41, 5.74) is 1.70. The topological polar surface area (TPSA) is 55.8 Å². The van der Waals surface area contributed by atoms with Crippen LogP contribution in [-0.2, 0) is 9.59 Å². The lowest BCUT2D eigenvalue weighted by Crippen LogP contribution is -2.31. The number of carbonyl (C=O) groups is 2. The van der Waals surface area contributed by atoms with Crippen molar-refractivity contribution in [1.82, 2.24) is 4.90 Å². The van der Waals surface area contributed by atoms with Gasteiger partial charge in [-0.2, -0.15) is 0 Å². The van der Waals surface area contributed by atoms with Crippen LogP contribution in [0, 0.1) is 5.92 Å². The molecule has 2 aromatic carbocycles. The van der Waals surface area contributed by atoms with Gasteiger partial charge in [-0.25, -0.2) is 4.79 Å². The highest BCUT2D eigenvalue weighted by molar-refractivity contribution is 8.26. The molecule has 0 N–H and O–H groups in total. The van der Waals surface area contributed by atoms with Crippen LogP contribution in [0.5, 0.6) is 11.5 Å². The minimum absolute atomic E-state index is 0.0668. The van der Waals surface area contributed by atoms with Crippen molar-refractivity contribution in [3.05, 3.63) is 70.6 Å². The first kappa shape index (κ1) is 22.8. The molecule has 0 aromatic heterocycles. The van der Waals surface area contributed by atoms with Crippen LogP contribution >= 0.6 is 24.0 Å².